The lowest BCUT2D eigenvalue weighted by molar-refractivity contribution is 0.474. The zero-order valence-corrected chi connectivity index (χ0v) is 14.0. The number of halogens is 2. The number of phenolic OH excluding ortho intramolecular Hbond substituents is 1. The summed E-state index contributed by atoms with van der Waals surface area (Å²) in [6.07, 6.45) is 1.54. The van der Waals surface area contributed by atoms with Crippen LogP contribution in [0, 0.1) is 0 Å². The number of hydrazone groups is 1. The molecule has 4 nitrogen and oxygen atoms in total. The van der Waals surface area contributed by atoms with Crippen LogP contribution in [0.25, 0.3) is 11.3 Å². The van der Waals surface area contributed by atoms with E-state index in [0.29, 0.717) is 20.7 Å². The van der Waals surface area contributed by atoms with Crippen LogP contribution >= 0.6 is 34.5 Å². The van der Waals surface area contributed by atoms with Crippen molar-refractivity contribution in [2.75, 3.05) is 5.43 Å². The molecule has 3 rings (SSSR count). The molecule has 0 radical (unpaired) electrons. The van der Waals surface area contributed by atoms with Gasteiger partial charge in [0.1, 0.15) is 5.75 Å². The number of benzene rings is 2. The fraction of sp³-hybridized carbons (Fsp3) is 0. The van der Waals surface area contributed by atoms with Gasteiger partial charge in [0.05, 0.1) is 22.0 Å². The average molecular weight is 364 g/mol. The number of aromatic hydroxyl groups is 1. The Morgan fingerprint density at radius 1 is 1.13 bits per heavy atom. The number of nitrogens with one attached hydrogen (secondary N) is 1. The van der Waals surface area contributed by atoms with Gasteiger partial charge in [-0.05, 0) is 24.3 Å². The predicted molar refractivity (Wildman–Crippen MR) is 96.9 cm³/mol. The van der Waals surface area contributed by atoms with Crippen LogP contribution in [0.5, 0.6) is 5.75 Å². The van der Waals surface area contributed by atoms with E-state index in [1.165, 1.54) is 17.6 Å². The molecule has 1 heterocycles. The van der Waals surface area contributed by atoms with E-state index < -0.39 is 0 Å². The molecule has 7 heteroatoms. The van der Waals surface area contributed by atoms with Crippen molar-refractivity contribution in [2.24, 2.45) is 5.10 Å². The number of hydrogen-bond donors (Lipinski definition) is 2. The lowest BCUT2D eigenvalue weighted by Crippen LogP contribution is -1.90. The number of para-hydroxylation sites is 1. The Hall–Kier alpha value is -2.08. The average Bonchev–Trinajstić information content (AvgIpc) is 3.01. The standard InChI is InChI=1S/C16H11Cl2N3OS/c17-12-6-5-10(7-13(12)18)14-9-23-16(20-14)21-19-8-11-3-1-2-4-15(11)22/h1-9,22H,(H,20,21). The normalized spacial score (nSPS) is 11.0. The highest BCUT2D eigenvalue weighted by molar-refractivity contribution is 7.14. The van der Waals surface area contributed by atoms with Crippen LogP contribution < -0.4 is 5.43 Å². The van der Waals surface area contributed by atoms with Crippen LogP contribution in [-0.4, -0.2) is 16.3 Å². The number of nitrogens with zero attached hydrogens (tertiary/aromatic N) is 2. The third-order valence-corrected chi connectivity index (χ3v) is 4.51. The summed E-state index contributed by atoms with van der Waals surface area (Å²) in [5.41, 5.74) is 5.14. The molecule has 116 valence electrons. The summed E-state index contributed by atoms with van der Waals surface area (Å²) in [6, 6.07) is 12.3. The van der Waals surface area contributed by atoms with Crippen molar-refractivity contribution in [3.63, 3.8) is 0 Å². The van der Waals surface area contributed by atoms with Gasteiger partial charge in [-0.2, -0.15) is 5.10 Å². The predicted octanol–water partition coefficient (Wildman–Crippen LogP) is 5.27. The summed E-state index contributed by atoms with van der Waals surface area (Å²) in [5, 5.41) is 17.3. The van der Waals surface area contributed by atoms with Crippen LogP contribution in [0.3, 0.4) is 0 Å². The van der Waals surface area contributed by atoms with Gasteiger partial charge >= 0.3 is 0 Å². The van der Waals surface area contributed by atoms with Crippen LogP contribution in [0.2, 0.25) is 10.0 Å². The van der Waals surface area contributed by atoms with Gasteiger partial charge in [0.15, 0.2) is 0 Å². The van der Waals surface area contributed by atoms with Crippen molar-refractivity contribution >= 4 is 45.9 Å². The Labute approximate surface area is 147 Å². The number of phenols is 1. The van der Waals surface area contributed by atoms with Crippen LogP contribution in [0.1, 0.15) is 5.56 Å². The Kier molecular flexibility index (Phi) is 4.81. The molecule has 0 atom stereocenters. The van der Waals surface area contributed by atoms with Crippen molar-refractivity contribution in [2.45, 2.75) is 0 Å². The molecule has 0 aliphatic carbocycles. The van der Waals surface area contributed by atoms with Gasteiger partial charge in [0.2, 0.25) is 5.13 Å². The summed E-state index contributed by atoms with van der Waals surface area (Å²) in [5.74, 6) is 0.175. The molecule has 0 aliphatic rings. The molecule has 23 heavy (non-hydrogen) atoms. The molecule has 0 amide bonds. The SMILES string of the molecule is Oc1ccccc1C=NNc1nc(-c2ccc(Cl)c(Cl)c2)cs1. The molecule has 0 spiro atoms. The molecular formula is C16H11Cl2N3OS. The molecule has 0 fully saturated rings. The van der Waals surface area contributed by atoms with Crippen molar-refractivity contribution in [1.29, 1.82) is 0 Å². The quantitative estimate of drug-likeness (QED) is 0.490. The highest BCUT2D eigenvalue weighted by Gasteiger charge is 2.06. The zero-order valence-electron chi connectivity index (χ0n) is 11.7. The Bertz CT molecular complexity index is 864. The molecule has 0 unspecified atom stereocenters. The largest absolute Gasteiger partial charge is 0.507 e. The molecule has 0 aliphatic heterocycles. The van der Waals surface area contributed by atoms with Gasteiger partial charge in [0.25, 0.3) is 0 Å². The second-order valence-electron chi connectivity index (χ2n) is 4.60. The topological polar surface area (TPSA) is 57.5 Å². The second-order valence-corrected chi connectivity index (χ2v) is 6.27. The third kappa shape index (κ3) is 3.82. The molecule has 1 aromatic heterocycles. The van der Waals surface area contributed by atoms with Gasteiger partial charge in [-0.25, -0.2) is 4.98 Å². The van der Waals surface area contributed by atoms with E-state index in [1.807, 2.05) is 17.5 Å². The zero-order chi connectivity index (χ0) is 16.2. The molecule has 2 aromatic carbocycles. The minimum Gasteiger partial charge on any atom is -0.507 e. The van der Waals surface area contributed by atoms with Crippen LogP contribution in [0.15, 0.2) is 52.9 Å². The summed E-state index contributed by atoms with van der Waals surface area (Å²) in [7, 11) is 0. The Balaban J connectivity index is 1.72. The molecule has 0 bridgehead atoms. The third-order valence-electron chi connectivity index (χ3n) is 3.02. The highest BCUT2D eigenvalue weighted by Crippen LogP contribution is 2.30. The fourth-order valence-electron chi connectivity index (χ4n) is 1.87. The van der Waals surface area contributed by atoms with Gasteiger partial charge in [-0.1, -0.05) is 41.4 Å². The van der Waals surface area contributed by atoms with Gasteiger partial charge in [0, 0.05) is 16.5 Å². The highest BCUT2D eigenvalue weighted by atomic mass is 35.5. The fourth-order valence-corrected chi connectivity index (χ4v) is 2.83. The van der Waals surface area contributed by atoms with Gasteiger partial charge in [-0.15, -0.1) is 11.3 Å². The van der Waals surface area contributed by atoms with Crippen molar-refractivity contribution in [3.05, 3.63) is 63.5 Å². The summed E-state index contributed by atoms with van der Waals surface area (Å²) < 4.78 is 0. The van der Waals surface area contributed by atoms with Crippen molar-refractivity contribution in [3.8, 4) is 17.0 Å². The van der Waals surface area contributed by atoms with Gasteiger partial charge in [-0.3, -0.25) is 5.43 Å². The number of thiazole rings is 1. The summed E-state index contributed by atoms with van der Waals surface area (Å²) in [6.45, 7) is 0. The first kappa shape index (κ1) is 15.8. The molecule has 3 aromatic rings. The minimum atomic E-state index is 0.175. The molecule has 0 saturated heterocycles. The van der Waals surface area contributed by atoms with E-state index in [2.05, 4.69) is 15.5 Å². The summed E-state index contributed by atoms with van der Waals surface area (Å²) in [4.78, 5) is 4.43. The lowest BCUT2D eigenvalue weighted by atomic mass is 10.2. The maximum atomic E-state index is 9.65. The molecular weight excluding hydrogens is 353 g/mol. The Morgan fingerprint density at radius 2 is 1.96 bits per heavy atom. The van der Waals surface area contributed by atoms with E-state index in [-0.39, 0.29) is 5.75 Å². The molecule has 0 saturated carbocycles. The maximum Gasteiger partial charge on any atom is 0.203 e. The van der Waals surface area contributed by atoms with E-state index in [4.69, 9.17) is 23.2 Å². The first-order valence-corrected chi connectivity index (χ1v) is 8.25. The van der Waals surface area contributed by atoms with Crippen LogP contribution in [0.4, 0.5) is 5.13 Å². The lowest BCUT2D eigenvalue weighted by Gasteiger charge is -1.99. The number of anilines is 1. The number of hydrogen-bond acceptors (Lipinski definition) is 5. The van der Waals surface area contributed by atoms with E-state index in [1.54, 1.807) is 30.3 Å². The number of aromatic nitrogens is 1. The van der Waals surface area contributed by atoms with Gasteiger partial charge < -0.3 is 5.11 Å². The second kappa shape index (κ2) is 7.00. The smallest absolute Gasteiger partial charge is 0.203 e. The monoisotopic (exact) mass is 363 g/mol. The maximum absolute atomic E-state index is 9.65. The van der Waals surface area contributed by atoms with E-state index in [9.17, 15) is 5.11 Å². The number of rotatable bonds is 4. The first-order chi connectivity index (χ1) is 11.1. The van der Waals surface area contributed by atoms with Crippen LogP contribution in [-0.2, 0) is 0 Å². The Morgan fingerprint density at radius 3 is 2.74 bits per heavy atom. The van der Waals surface area contributed by atoms with Crippen molar-refractivity contribution in [1.82, 2.24) is 4.98 Å². The minimum absolute atomic E-state index is 0.175. The van der Waals surface area contributed by atoms with Crippen molar-refractivity contribution < 1.29 is 5.11 Å². The molecule has 2 N–H and O–H groups in total. The van der Waals surface area contributed by atoms with E-state index >= 15 is 0 Å². The summed E-state index contributed by atoms with van der Waals surface area (Å²) >= 11 is 13.3. The first-order valence-electron chi connectivity index (χ1n) is 6.61. The van der Waals surface area contributed by atoms with E-state index in [0.717, 1.165) is 11.3 Å².